The van der Waals surface area contributed by atoms with Crippen LogP contribution in [-0.2, 0) is 9.84 Å². The van der Waals surface area contributed by atoms with Crippen LogP contribution in [0.1, 0.15) is 21.2 Å². The Morgan fingerprint density at radius 2 is 1.79 bits per heavy atom. The van der Waals surface area contributed by atoms with Crippen LogP contribution in [0.15, 0.2) is 47.6 Å². The van der Waals surface area contributed by atoms with Gasteiger partial charge in [-0.15, -0.1) is 0 Å². The molecular weight excluding hydrogens is 286 g/mol. The molecule has 1 atom stereocenters. The average molecular weight is 294 g/mol. The Kier molecular flexibility index (Phi) is 2.69. The minimum Gasteiger partial charge on any atom is -0.292 e. The number of fused-ring (bicyclic) bond motifs is 1. The number of hydrogen-bond donors (Lipinski definition) is 0. The first-order valence-electron chi connectivity index (χ1n) is 5.50. The highest BCUT2D eigenvalue weighted by Crippen LogP contribution is 2.39. The smallest absolute Gasteiger partial charge is 0.210 e. The third-order valence-electron chi connectivity index (χ3n) is 3.03. The van der Waals surface area contributed by atoms with Crippen molar-refractivity contribution in [2.45, 2.75) is 10.3 Å². The largest absolute Gasteiger partial charge is 0.292 e. The molecule has 19 heavy (non-hydrogen) atoms. The highest BCUT2D eigenvalue weighted by Gasteiger charge is 2.46. The van der Waals surface area contributed by atoms with E-state index in [1.807, 2.05) is 0 Å². The number of ketones is 1. The Bertz CT molecular complexity index is 769. The van der Waals surface area contributed by atoms with Crippen molar-refractivity contribution in [1.29, 1.82) is 0 Å². The number of pyridine rings is 1. The van der Waals surface area contributed by atoms with E-state index in [9.17, 15) is 13.2 Å². The SMILES string of the molecule is O=C1c2cccnc2S(=O)(=O)C1c1ccc(Cl)cc1. The van der Waals surface area contributed by atoms with Gasteiger partial charge < -0.3 is 0 Å². The minimum absolute atomic E-state index is 0.139. The van der Waals surface area contributed by atoms with Crippen molar-refractivity contribution in [2.75, 3.05) is 0 Å². The lowest BCUT2D eigenvalue weighted by Crippen LogP contribution is -2.13. The predicted octanol–water partition coefficient (Wildman–Crippen LogP) is 2.45. The second-order valence-electron chi connectivity index (χ2n) is 4.20. The summed E-state index contributed by atoms with van der Waals surface area (Å²) in [6.45, 7) is 0. The zero-order valence-corrected chi connectivity index (χ0v) is 11.1. The number of hydrogen-bond acceptors (Lipinski definition) is 4. The van der Waals surface area contributed by atoms with Crippen LogP contribution >= 0.6 is 11.6 Å². The lowest BCUT2D eigenvalue weighted by Gasteiger charge is -2.08. The van der Waals surface area contributed by atoms with Crippen molar-refractivity contribution in [2.24, 2.45) is 0 Å². The van der Waals surface area contributed by atoms with Gasteiger partial charge in [-0.3, -0.25) is 4.79 Å². The van der Waals surface area contributed by atoms with Crippen molar-refractivity contribution in [3.8, 4) is 0 Å². The van der Waals surface area contributed by atoms with Gasteiger partial charge in [-0.2, -0.15) is 0 Å². The van der Waals surface area contributed by atoms with Gasteiger partial charge in [0.25, 0.3) is 0 Å². The van der Waals surface area contributed by atoms with Gasteiger partial charge in [0.05, 0.1) is 5.56 Å². The maximum atomic E-state index is 12.4. The van der Waals surface area contributed by atoms with Crippen molar-refractivity contribution in [3.05, 3.63) is 58.7 Å². The number of carbonyl (C=O) groups excluding carboxylic acids is 1. The molecule has 1 aliphatic rings. The number of aromatic nitrogens is 1. The fraction of sp³-hybridized carbons (Fsp3) is 0.0769. The highest BCUT2D eigenvalue weighted by molar-refractivity contribution is 7.93. The van der Waals surface area contributed by atoms with E-state index in [0.717, 1.165) is 0 Å². The van der Waals surface area contributed by atoms with Crippen LogP contribution in [0.2, 0.25) is 5.02 Å². The molecule has 0 fully saturated rings. The topological polar surface area (TPSA) is 64.1 Å². The zero-order chi connectivity index (χ0) is 13.6. The van der Waals surface area contributed by atoms with Crippen LogP contribution < -0.4 is 0 Å². The van der Waals surface area contributed by atoms with Crippen LogP contribution in [0, 0.1) is 0 Å². The van der Waals surface area contributed by atoms with Crippen LogP contribution in [0.4, 0.5) is 0 Å². The maximum Gasteiger partial charge on any atom is 0.210 e. The molecule has 1 unspecified atom stereocenters. The van der Waals surface area contributed by atoms with E-state index in [2.05, 4.69) is 4.98 Å². The first-order chi connectivity index (χ1) is 9.01. The molecule has 0 radical (unpaired) electrons. The molecule has 1 aromatic carbocycles. The summed E-state index contributed by atoms with van der Waals surface area (Å²) >= 11 is 5.77. The summed E-state index contributed by atoms with van der Waals surface area (Å²) in [5.74, 6) is -0.439. The van der Waals surface area contributed by atoms with Gasteiger partial charge in [-0.25, -0.2) is 13.4 Å². The standard InChI is InChI=1S/C13H8ClNO3S/c14-9-5-3-8(4-6-9)12-11(16)10-2-1-7-15-13(10)19(12,17)18/h1-7,12H. The molecule has 0 amide bonds. The number of halogens is 1. The Hall–Kier alpha value is -1.72. The van der Waals surface area contributed by atoms with Crippen molar-refractivity contribution >= 4 is 27.2 Å². The third kappa shape index (κ3) is 1.77. The Morgan fingerprint density at radius 3 is 2.42 bits per heavy atom. The van der Waals surface area contributed by atoms with E-state index >= 15 is 0 Å². The predicted molar refractivity (Wildman–Crippen MR) is 69.9 cm³/mol. The van der Waals surface area contributed by atoms with Gasteiger partial charge in [0, 0.05) is 11.2 Å². The molecule has 1 aromatic heterocycles. The Labute approximate surface area is 115 Å². The van der Waals surface area contributed by atoms with Gasteiger partial charge in [-0.05, 0) is 29.8 Å². The summed E-state index contributed by atoms with van der Waals surface area (Å²) in [6.07, 6.45) is 1.37. The number of carbonyl (C=O) groups is 1. The third-order valence-corrected chi connectivity index (χ3v) is 5.25. The van der Waals surface area contributed by atoms with E-state index in [-0.39, 0.29) is 10.6 Å². The molecule has 0 bridgehead atoms. The van der Waals surface area contributed by atoms with Crippen LogP contribution in [0.25, 0.3) is 0 Å². The second kappa shape index (κ2) is 4.15. The van der Waals surface area contributed by atoms with E-state index < -0.39 is 20.9 Å². The fourth-order valence-electron chi connectivity index (χ4n) is 2.17. The molecule has 6 heteroatoms. The lowest BCUT2D eigenvalue weighted by molar-refractivity contribution is 0.0990. The fourth-order valence-corrected chi connectivity index (χ4v) is 4.12. The van der Waals surface area contributed by atoms with Gasteiger partial charge in [0.2, 0.25) is 9.84 Å². The summed E-state index contributed by atoms with van der Waals surface area (Å²) in [5, 5.41) is -0.864. The highest BCUT2D eigenvalue weighted by atomic mass is 35.5. The second-order valence-corrected chi connectivity index (χ2v) is 6.58. The van der Waals surface area contributed by atoms with Gasteiger partial charge in [-0.1, -0.05) is 23.7 Å². The zero-order valence-electron chi connectivity index (χ0n) is 9.58. The number of benzene rings is 1. The molecule has 0 aliphatic carbocycles. The minimum atomic E-state index is -3.77. The van der Waals surface area contributed by atoms with E-state index in [1.165, 1.54) is 12.3 Å². The average Bonchev–Trinajstić information content (AvgIpc) is 2.60. The molecule has 3 rings (SSSR count). The molecule has 4 nitrogen and oxygen atoms in total. The van der Waals surface area contributed by atoms with Crippen molar-refractivity contribution < 1.29 is 13.2 Å². The number of Topliss-reactive ketones (excluding diaryl/α,β-unsaturated/α-hetero) is 1. The molecular formula is C13H8ClNO3S. The molecule has 0 saturated carbocycles. The molecule has 2 heterocycles. The molecule has 2 aromatic rings. The van der Waals surface area contributed by atoms with Crippen LogP contribution in [0.3, 0.4) is 0 Å². The summed E-state index contributed by atoms with van der Waals surface area (Å²) < 4.78 is 24.7. The maximum absolute atomic E-state index is 12.4. The normalized spacial score (nSPS) is 20.3. The van der Waals surface area contributed by atoms with E-state index in [4.69, 9.17) is 11.6 Å². The summed E-state index contributed by atoms with van der Waals surface area (Å²) in [7, 11) is -3.77. The monoisotopic (exact) mass is 293 g/mol. The quantitative estimate of drug-likeness (QED) is 0.810. The molecule has 1 aliphatic heterocycles. The lowest BCUT2D eigenvalue weighted by atomic mass is 10.0. The Balaban J connectivity index is 2.21. The van der Waals surface area contributed by atoms with Crippen LogP contribution in [0.5, 0.6) is 0 Å². The molecule has 96 valence electrons. The van der Waals surface area contributed by atoms with Gasteiger partial charge in [0.15, 0.2) is 16.1 Å². The van der Waals surface area contributed by atoms with Crippen molar-refractivity contribution in [1.82, 2.24) is 4.98 Å². The number of sulfone groups is 1. The van der Waals surface area contributed by atoms with Gasteiger partial charge >= 0.3 is 0 Å². The summed E-state index contributed by atoms with van der Waals surface area (Å²) in [5.41, 5.74) is 0.565. The first-order valence-corrected chi connectivity index (χ1v) is 7.43. The summed E-state index contributed by atoms with van der Waals surface area (Å²) in [6, 6.07) is 9.27. The van der Waals surface area contributed by atoms with E-state index in [0.29, 0.717) is 10.6 Å². The number of nitrogens with zero attached hydrogens (tertiary/aromatic N) is 1. The molecule has 0 N–H and O–H groups in total. The van der Waals surface area contributed by atoms with Gasteiger partial charge in [0.1, 0.15) is 0 Å². The summed E-state index contributed by atoms with van der Waals surface area (Å²) in [4.78, 5) is 16.1. The molecule has 0 saturated heterocycles. The van der Waals surface area contributed by atoms with Crippen LogP contribution in [-0.4, -0.2) is 19.2 Å². The Morgan fingerprint density at radius 1 is 1.11 bits per heavy atom. The van der Waals surface area contributed by atoms with Crippen molar-refractivity contribution in [3.63, 3.8) is 0 Å². The van der Waals surface area contributed by atoms with E-state index in [1.54, 1.807) is 30.3 Å². The molecule has 0 spiro atoms. The number of rotatable bonds is 1. The first kappa shape index (κ1) is 12.3.